The molecule has 2 rings (SSSR count). The van der Waals surface area contributed by atoms with Gasteiger partial charge in [-0.15, -0.1) is 0 Å². The molecular formula is C15H18N4O2S. The summed E-state index contributed by atoms with van der Waals surface area (Å²) in [7, 11) is 0. The van der Waals surface area contributed by atoms with E-state index in [1.165, 1.54) is 0 Å². The van der Waals surface area contributed by atoms with Gasteiger partial charge in [-0.1, -0.05) is 30.3 Å². The van der Waals surface area contributed by atoms with Crippen LogP contribution in [0.1, 0.15) is 39.6 Å². The first-order chi connectivity index (χ1) is 10.5. The van der Waals surface area contributed by atoms with E-state index in [1.807, 2.05) is 44.2 Å². The Labute approximate surface area is 132 Å². The summed E-state index contributed by atoms with van der Waals surface area (Å²) >= 11 is 0.928. The lowest BCUT2D eigenvalue weighted by Gasteiger charge is -2.07. The van der Waals surface area contributed by atoms with Crippen molar-refractivity contribution in [3.8, 4) is 0 Å². The minimum atomic E-state index is -0.388. The summed E-state index contributed by atoms with van der Waals surface area (Å²) < 4.78 is 4.00. The Morgan fingerprint density at radius 1 is 1.23 bits per heavy atom. The van der Waals surface area contributed by atoms with Crippen molar-refractivity contribution in [2.45, 2.75) is 26.4 Å². The predicted molar refractivity (Wildman–Crippen MR) is 86.7 cm³/mol. The summed E-state index contributed by atoms with van der Waals surface area (Å²) in [4.78, 5) is 24.3. The summed E-state index contributed by atoms with van der Waals surface area (Å²) in [5.74, 6) is -0.701. The normalized spacial score (nSPS) is 10.5. The van der Waals surface area contributed by atoms with E-state index in [9.17, 15) is 9.59 Å². The van der Waals surface area contributed by atoms with Gasteiger partial charge in [0.05, 0.1) is 5.69 Å². The van der Waals surface area contributed by atoms with E-state index in [0.717, 1.165) is 17.1 Å². The number of carbonyl (C=O) groups excluding carboxylic acids is 2. The van der Waals surface area contributed by atoms with Crippen LogP contribution in [0, 0.1) is 0 Å². The zero-order chi connectivity index (χ0) is 16.1. The molecule has 7 heteroatoms. The number of hydrogen-bond donors (Lipinski definition) is 3. The summed E-state index contributed by atoms with van der Waals surface area (Å²) in [5.41, 5.74) is 7.06. The molecule has 0 spiro atoms. The van der Waals surface area contributed by atoms with E-state index in [1.54, 1.807) is 0 Å². The Morgan fingerprint density at radius 3 is 2.55 bits per heavy atom. The Kier molecular flexibility index (Phi) is 5.11. The number of hydrogen-bond acceptors (Lipinski definition) is 5. The maximum atomic E-state index is 12.1. The van der Waals surface area contributed by atoms with E-state index in [0.29, 0.717) is 6.54 Å². The Morgan fingerprint density at radius 2 is 1.91 bits per heavy atom. The van der Waals surface area contributed by atoms with Crippen LogP contribution in [0.15, 0.2) is 30.3 Å². The second-order valence-corrected chi connectivity index (χ2v) is 5.84. The van der Waals surface area contributed by atoms with Crippen molar-refractivity contribution in [1.29, 1.82) is 0 Å². The van der Waals surface area contributed by atoms with Crippen molar-refractivity contribution < 1.29 is 9.59 Å². The van der Waals surface area contributed by atoms with Gasteiger partial charge in [0.1, 0.15) is 4.88 Å². The quantitative estimate of drug-likeness (QED) is 0.783. The standard InChI is InChI=1S/C15H18N4O2S/c1-9(2)18-15(21)13-11(16)12(19-22-13)14(20)17-8-10-6-4-3-5-7-10/h3-7,9H,8,16H2,1-2H3,(H,17,20)(H,18,21). The second-order valence-electron chi connectivity index (χ2n) is 5.07. The van der Waals surface area contributed by atoms with Gasteiger partial charge in [-0.2, -0.15) is 4.37 Å². The van der Waals surface area contributed by atoms with E-state index >= 15 is 0 Å². The van der Waals surface area contributed by atoms with Crippen molar-refractivity contribution in [2.75, 3.05) is 5.73 Å². The number of amides is 2. The van der Waals surface area contributed by atoms with Crippen molar-refractivity contribution in [3.63, 3.8) is 0 Å². The molecular weight excluding hydrogens is 300 g/mol. The highest BCUT2D eigenvalue weighted by Crippen LogP contribution is 2.21. The van der Waals surface area contributed by atoms with Crippen molar-refractivity contribution >= 4 is 29.0 Å². The number of benzene rings is 1. The number of aromatic nitrogens is 1. The molecule has 0 radical (unpaired) electrons. The third-order valence-electron chi connectivity index (χ3n) is 2.86. The molecule has 1 aromatic carbocycles. The molecule has 0 saturated carbocycles. The van der Waals surface area contributed by atoms with Crippen molar-refractivity contribution in [1.82, 2.24) is 15.0 Å². The first kappa shape index (κ1) is 16.0. The van der Waals surface area contributed by atoms with Crippen LogP contribution in [0.3, 0.4) is 0 Å². The molecule has 0 aliphatic rings. The summed E-state index contributed by atoms with van der Waals surface area (Å²) in [5, 5.41) is 5.47. The van der Waals surface area contributed by atoms with Crippen LogP contribution in [0.25, 0.3) is 0 Å². The highest BCUT2D eigenvalue weighted by Gasteiger charge is 2.22. The lowest BCUT2D eigenvalue weighted by Crippen LogP contribution is -2.30. The van der Waals surface area contributed by atoms with Gasteiger partial charge in [0, 0.05) is 12.6 Å². The monoisotopic (exact) mass is 318 g/mol. The van der Waals surface area contributed by atoms with Gasteiger partial charge in [-0.3, -0.25) is 9.59 Å². The van der Waals surface area contributed by atoms with E-state index < -0.39 is 0 Å². The molecule has 116 valence electrons. The zero-order valence-electron chi connectivity index (χ0n) is 12.4. The fraction of sp³-hybridized carbons (Fsp3) is 0.267. The molecule has 2 aromatic rings. The number of nitrogen functional groups attached to an aromatic ring is 1. The number of rotatable bonds is 5. The van der Waals surface area contributed by atoms with Gasteiger partial charge in [-0.25, -0.2) is 0 Å². The topological polar surface area (TPSA) is 97.1 Å². The second kappa shape index (κ2) is 7.04. The molecule has 4 N–H and O–H groups in total. The van der Waals surface area contributed by atoms with Crippen LogP contribution in [-0.4, -0.2) is 22.2 Å². The molecule has 2 amide bonds. The van der Waals surface area contributed by atoms with Gasteiger partial charge < -0.3 is 16.4 Å². The molecule has 0 aliphatic carbocycles. The number of nitrogens with zero attached hydrogens (tertiary/aromatic N) is 1. The Hall–Kier alpha value is -2.41. The third kappa shape index (κ3) is 3.82. The predicted octanol–water partition coefficient (Wildman–Crippen LogP) is 1.79. The Bertz CT molecular complexity index is 667. The van der Waals surface area contributed by atoms with Crippen LogP contribution < -0.4 is 16.4 Å². The van der Waals surface area contributed by atoms with E-state index in [-0.39, 0.29) is 34.1 Å². The van der Waals surface area contributed by atoms with Gasteiger partial charge >= 0.3 is 0 Å². The largest absolute Gasteiger partial charge is 0.395 e. The SMILES string of the molecule is CC(C)NC(=O)c1snc(C(=O)NCc2ccccc2)c1N. The molecule has 0 unspecified atom stereocenters. The molecule has 6 nitrogen and oxygen atoms in total. The van der Waals surface area contributed by atoms with Crippen LogP contribution in [0.5, 0.6) is 0 Å². The van der Waals surface area contributed by atoms with Gasteiger partial charge in [0.15, 0.2) is 5.69 Å². The number of nitrogens with one attached hydrogen (secondary N) is 2. The lowest BCUT2D eigenvalue weighted by atomic mass is 10.2. The number of nitrogens with two attached hydrogens (primary N) is 1. The first-order valence-corrected chi connectivity index (χ1v) is 7.64. The third-order valence-corrected chi connectivity index (χ3v) is 3.73. The highest BCUT2D eigenvalue weighted by molar-refractivity contribution is 7.09. The number of carbonyl (C=O) groups is 2. The summed E-state index contributed by atoms with van der Waals surface area (Å²) in [6.07, 6.45) is 0. The van der Waals surface area contributed by atoms with Gasteiger partial charge in [0.25, 0.3) is 11.8 Å². The zero-order valence-corrected chi connectivity index (χ0v) is 13.2. The minimum absolute atomic E-state index is 0.00985. The molecule has 0 bridgehead atoms. The fourth-order valence-corrected chi connectivity index (χ4v) is 2.52. The molecule has 22 heavy (non-hydrogen) atoms. The van der Waals surface area contributed by atoms with Crippen LogP contribution in [-0.2, 0) is 6.54 Å². The minimum Gasteiger partial charge on any atom is -0.395 e. The average molecular weight is 318 g/mol. The van der Waals surface area contributed by atoms with Crippen LogP contribution in [0.4, 0.5) is 5.69 Å². The summed E-state index contributed by atoms with van der Waals surface area (Å²) in [6.45, 7) is 4.08. The summed E-state index contributed by atoms with van der Waals surface area (Å²) in [6, 6.07) is 9.51. The fourth-order valence-electron chi connectivity index (χ4n) is 1.81. The molecule has 0 saturated heterocycles. The smallest absolute Gasteiger partial charge is 0.273 e. The van der Waals surface area contributed by atoms with Crippen LogP contribution in [0.2, 0.25) is 0 Å². The molecule has 0 aliphatic heterocycles. The van der Waals surface area contributed by atoms with Crippen molar-refractivity contribution in [2.24, 2.45) is 0 Å². The maximum absolute atomic E-state index is 12.1. The molecule has 0 fully saturated rings. The van der Waals surface area contributed by atoms with Gasteiger partial charge in [0.2, 0.25) is 0 Å². The van der Waals surface area contributed by atoms with Gasteiger partial charge in [-0.05, 0) is 30.9 Å². The number of anilines is 1. The maximum Gasteiger partial charge on any atom is 0.273 e. The van der Waals surface area contributed by atoms with E-state index in [2.05, 4.69) is 15.0 Å². The first-order valence-electron chi connectivity index (χ1n) is 6.87. The molecule has 0 atom stereocenters. The lowest BCUT2D eigenvalue weighted by molar-refractivity contribution is 0.0944. The highest BCUT2D eigenvalue weighted by atomic mass is 32.1. The van der Waals surface area contributed by atoms with Crippen LogP contribution >= 0.6 is 11.5 Å². The molecule has 1 aromatic heterocycles. The van der Waals surface area contributed by atoms with Crippen molar-refractivity contribution in [3.05, 3.63) is 46.5 Å². The Balaban J connectivity index is 2.05. The molecule has 1 heterocycles. The average Bonchev–Trinajstić information content (AvgIpc) is 2.87. The van der Waals surface area contributed by atoms with E-state index in [4.69, 9.17) is 5.73 Å².